The summed E-state index contributed by atoms with van der Waals surface area (Å²) in [6.45, 7) is 0.523. The largest absolute Gasteiger partial charge is 0.497 e. The zero-order valence-electron chi connectivity index (χ0n) is 14.2. The number of methoxy groups -OCH3 is 1. The number of rotatable bonds is 7. The quantitative estimate of drug-likeness (QED) is 0.495. The van der Waals surface area contributed by atoms with Crippen molar-refractivity contribution in [3.05, 3.63) is 55.0 Å². The Morgan fingerprint density at radius 2 is 1.81 bits per heavy atom. The third-order valence-corrected chi connectivity index (χ3v) is 5.74. The second-order valence-corrected chi connectivity index (χ2v) is 8.33. The minimum absolute atomic E-state index is 0.237. The minimum atomic E-state index is -3.90. The fraction of sp³-hybridized carbons (Fsp3) is 0.222. The lowest BCUT2D eigenvalue weighted by atomic mass is 10.2. The molecule has 0 aliphatic carbocycles. The van der Waals surface area contributed by atoms with E-state index in [1.165, 1.54) is 0 Å². The molecule has 2 aromatic heterocycles. The second kappa shape index (κ2) is 7.94. The van der Waals surface area contributed by atoms with Crippen LogP contribution in [0.1, 0.15) is 6.42 Å². The molecular formula is C18H19N2O4S2+. The molecule has 0 spiro atoms. The number of benzene rings is 1. The van der Waals surface area contributed by atoms with Crippen LogP contribution in [0.5, 0.6) is 5.75 Å². The molecule has 0 radical (unpaired) electrons. The number of nitrogens with zero attached hydrogens (tertiary/aromatic N) is 2. The van der Waals surface area contributed by atoms with E-state index >= 15 is 0 Å². The van der Waals surface area contributed by atoms with Crippen LogP contribution in [0.15, 0.2) is 55.0 Å². The maximum atomic E-state index is 10.7. The van der Waals surface area contributed by atoms with E-state index in [0.717, 1.165) is 26.8 Å². The summed E-state index contributed by atoms with van der Waals surface area (Å²) in [5.74, 6) is 0.583. The maximum Gasteiger partial charge on any atom is 0.265 e. The van der Waals surface area contributed by atoms with Gasteiger partial charge in [0, 0.05) is 30.3 Å². The molecule has 0 saturated heterocycles. The molecule has 6 nitrogen and oxygen atoms in total. The molecule has 3 aromatic rings. The van der Waals surface area contributed by atoms with Gasteiger partial charge in [0.05, 0.1) is 17.7 Å². The van der Waals surface area contributed by atoms with Crippen molar-refractivity contribution in [3.8, 4) is 26.8 Å². The molecule has 2 heterocycles. The van der Waals surface area contributed by atoms with Crippen LogP contribution in [0.3, 0.4) is 0 Å². The fourth-order valence-corrected chi connectivity index (χ4v) is 3.90. The van der Waals surface area contributed by atoms with Crippen LogP contribution in [0, 0.1) is 0 Å². The van der Waals surface area contributed by atoms with Gasteiger partial charge in [-0.1, -0.05) is 0 Å². The van der Waals surface area contributed by atoms with Crippen LogP contribution in [-0.2, 0) is 16.7 Å². The van der Waals surface area contributed by atoms with Crippen molar-refractivity contribution in [1.82, 2.24) is 4.98 Å². The van der Waals surface area contributed by atoms with Crippen molar-refractivity contribution in [2.75, 3.05) is 12.9 Å². The summed E-state index contributed by atoms with van der Waals surface area (Å²) in [6, 6.07) is 11.8. The average molecular weight is 391 g/mol. The second-order valence-electron chi connectivity index (χ2n) is 5.72. The van der Waals surface area contributed by atoms with Crippen molar-refractivity contribution < 1.29 is 22.3 Å². The first-order valence-electron chi connectivity index (χ1n) is 7.99. The first-order valence-corrected chi connectivity index (χ1v) is 10.4. The molecule has 8 heteroatoms. The number of hydrogen-bond donors (Lipinski definition) is 1. The summed E-state index contributed by atoms with van der Waals surface area (Å²) in [5, 5.41) is 0.918. The highest BCUT2D eigenvalue weighted by Gasteiger charge is 2.10. The predicted molar refractivity (Wildman–Crippen MR) is 101 cm³/mol. The van der Waals surface area contributed by atoms with E-state index in [0.29, 0.717) is 13.0 Å². The van der Waals surface area contributed by atoms with Crippen molar-refractivity contribution in [3.63, 3.8) is 0 Å². The van der Waals surface area contributed by atoms with E-state index in [9.17, 15) is 8.42 Å². The summed E-state index contributed by atoms with van der Waals surface area (Å²) in [4.78, 5) is 5.57. The summed E-state index contributed by atoms with van der Waals surface area (Å²) in [6.07, 6.45) is 5.98. The standard InChI is InChI=1S/C18H18N2O4S2/c1-24-16-5-3-14(4-6-16)17-13-19-18(25-17)15-7-10-20(11-8-15)9-2-12-26(21,22)23/h3-8,10-11,13H,2,9,12H2,1H3/p+1. The Balaban J connectivity index is 1.68. The Morgan fingerprint density at radius 3 is 2.42 bits per heavy atom. The molecule has 26 heavy (non-hydrogen) atoms. The molecule has 0 amide bonds. The minimum Gasteiger partial charge on any atom is -0.497 e. The SMILES string of the molecule is COc1ccc(-c2cnc(-c3cc[n+](CCCS(=O)(=O)O)cc3)s2)cc1. The molecular weight excluding hydrogens is 372 g/mol. The van der Waals surface area contributed by atoms with Gasteiger partial charge in [-0.3, -0.25) is 4.55 Å². The summed E-state index contributed by atoms with van der Waals surface area (Å²) < 4.78 is 37.3. The van der Waals surface area contributed by atoms with Crippen LogP contribution in [0.4, 0.5) is 0 Å². The van der Waals surface area contributed by atoms with E-state index in [-0.39, 0.29) is 5.75 Å². The molecule has 0 aliphatic rings. The number of thiazole rings is 1. The number of hydrogen-bond acceptors (Lipinski definition) is 5. The molecule has 0 fully saturated rings. The summed E-state index contributed by atoms with van der Waals surface area (Å²) >= 11 is 1.61. The van der Waals surface area contributed by atoms with Gasteiger partial charge in [-0.15, -0.1) is 11.3 Å². The van der Waals surface area contributed by atoms with Gasteiger partial charge >= 0.3 is 0 Å². The zero-order chi connectivity index (χ0) is 18.6. The number of ether oxygens (including phenoxy) is 1. The first-order chi connectivity index (χ1) is 12.4. The Morgan fingerprint density at radius 1 is 1.12 bits per heavy atom. The molecule has 0 saturated carbocycles. The lowest BCUT2D eigenvalue weighted by molar-refractivity contribution is -0.696. The molecule has 0 aliphatic heterocycles. The highest BCUT2D eigenvalue weighted by atomic mass is 32.2. The Labute approximate surface area is 156 Å². The molecule has 0 atom stereocenters. The van der Waals surface area contributed by atoms with Crippen molar-refractivity contribution in [2.45, 2.75) is 13.0 Å². The highest BCUT2D eigenvalue weighted by molar-refractivity contribution is 7.85. The normalized spacial score (nSPS) is 11.5. The van der Waals surface area contributed by atoms with Gasteiger partial charge in [0.15, 0.2) is 12.4 Å². The maximum absolute atomic E-state index is 10.7. The Kier molecular flexibility index (Phi) is 5.65. The van der Waals surface area contributed by atoms with Gasteiger partial charge in [0.2, 0.25) is 0 Å². The van der Waals surface area contributed by atoms with Gasteiger partial charge in [0.1, 0.15) is 17.3 Å². The predicted octanol–water partition coefficient (Wildman–Crippen LogP) is 3.05. The van der Waals surface area contributed by atoms with Gasteiger partial charge < -0.3 is 4.74 Å². The summed E-state index contributed by atoms with van der Waals surface area (Å²) in [5.41, 5.74) is 2.09. The Bertz CT molecular complexity index is 965. The van der Waals surface area contributed by atoms with Crippen molar-refractivity contribution in [2.24, 2.45) is 0 Å². The molecule has 3 rings (SSSR count). The van der Waals surface area contributed by atoms with Gasteiger partial charge in [-0.2, -0.15) is 8.42 Å². The van der Waals surface area contributed by atoms with Crippen molar-refractivity contribution >= 4 is 21.5 Å². The van der Waals surface area contributed by atoms with Crippen LogP contribution in [0.25, 0.3) is 21.0 Å². The lowest BCUT2D eigenvalue weighted by Crippen LogP contribution is -2.33. The molecule has 0 bridgehead atoms. The van der Waals surface area contributed by atoms with E-state index in [2.05, 4.69) is 4.98 Å². The van der Waals surface area contributed by atoms with Crippen LogP contribution in [-0.4, -0.2) is 30.8 Å². The fourth-order valence-electron chi connectivity index (χ4n) is 2.47. The van der Waals surface area contributed by atoms with Gasteiger partial charge in [-0.25, -0.2) is 9.55 Å². The van der Waals surface area contributed by atoms with E-state index < -0.39 is 10.1 Å². The van der Waals surface area contributed by atoms with E-state index in [4.69, 9.17) is 9.29 Å². The smallest absolute Gasteiger partial charge is 0.265 e. The van der Waals surface area contributed by atoms with Crippen LogP contribution < -0.4 is 9.30 Å². The molecule has 1 aromatic carbocycles. The third-order valence-electron chi connectivity index (χ3n) is 3.84. The molecule has 0 unspecified atom stereocenters. The zero-order valence-corrected chi connectivity index (χ0v) is 15.8. The monoisotopic (exact) mass is 391 g/mol. The molecule has 1 N–H and O–H groups in total. The lowest BCUT2D eigenvalue weighted by Gasteiger charge is -2.00. The average Bonchev–Trinajstić information content (AvgIpc) is 3.11. The number of aromatic nitrogens is 2. The van der Waals surface area contributed by atoms with Gasteiger partial charge in [0.25, 0.3) is 10.1 Å². The van der Waals surface area contributed by atoms with E-state index in [1.807, 2.05) is 59.6 Å². The Hall–Kier alpha value is -2.29. The van der Waals surface area contributed by atoms with Crippen LogP contribution >= 0.6 is 11.3 Å². The van der Waals surface area contributed by atoms with Crippen molar-refractivity contribution in [1.29, 1.82) is 0 Å². The summed E-state index contributed by atoms with van der Waals surface area (Å²) in [7, 11) is -2.26. The van der Waals surface area contributed by atoms with Gasteiger partial charge in [-0.05, 0) is 29.8 Å². The number of pyridine rings is 1. The highest BCUT2D eigenvalue weighted by Crippen LogP contribution is 2.32. The van der Waals surface area contributed by atoms with E-state index in [1.54, 1.807) is 18.4 Å². The van der Waals surface area contributed by atoms with Crippen LogP contribution in [0.2, 0.25) is 0 Å². The number of aryl methyl sites for hydroxylation is 1. The first kappa shape index (κ1) is 18.5. The molecule has 136 valence electrons. The topological polar surface area (TPSA) is 80.4 Å². The third kappa shape index (κ3) is 4.87.